The van der Waals surface area contributed by atoms with Gasteiger partial charge in [-0.15, -0.1) is 0 Å². The van der Waals surface area contributed by atoms with Gasteiger partial charge in [-0.25, -0.2) is 0 Å². The highest BCUT2D eigenvalue weighted by Gasteiger charge is 2.33. The Balaban J connectivity index is 2.12. The first-order valence-corrected chi connectivity index (χ1v) is 6.64. The molecule has 0 atom stereocenters. The van der Waals surface area contributed by atoms with Crippen LogP contribution in [0.2, 0.25) is 0 Å². The maximum absolute atomic E-state index is 10.7. The van der Waals surface area contributed by atoms with Gasteiger partial charge in [0.15, 0.2) is 0 Å². The fourth-order valence-electron chi connectivity index (χ4n) is 2.87. The minimum absolute atomic E-state index is 0.741. The van der Waals surface area contributed by atoms with E-state index < -0.39 is 5.60 Å². The molecule has 1 aliphatic carbocycles. The summed E-state index contributed by atoms with van der Waals surface area (Å²) in [5.74, 6) is 0. The number of rotatable bonds is 1. The molecular formula is C15H18N2O. The van der Waals surface area contributed by atoms with Crippen LogP contribution in [-0.4, -0.2) is 15.1 Å². The van der Waals surface area contributed by atoms with Crippen LogP contribution in [0.15, 0.2) is 24.4 Å². The molecule has 3 nitrogen and oxygen atoms in total. The van der Waals surface area contributed by atoms with Crippen molar-refractivity contribution in [2.45, 2.75) is 44.6 Å². The molecule has 0 radical (unpaired) electrons. The molecule has 0 aromatic carbocycles. The van der Waals surface area contributed by atoms with Crippen LogP contribution >= 0.6 is 0 Å². The Labute approximate surface area is 107 Å². The number of aromatic nitrogens is 2. The van der Waals surface area contributed by atoms with E-state index in [0.717, 1.165) is 48.0 Å². The number of pyridine rings is 2. The quantitative estimate of drug-likeness (QED) is 0.835. The predicted molar refractivity (Wildman–Crippen MR) is 71.3 cm³/mol. The van der Waals surface area contributed by atoms with Crippen molar-refractivity contribution in [3.63, 3.8) is 0 Å². The van der Waals surface area contributed by atoms with Crippen LogP contribution in [0.3, 0.4) is 0 Å². The molecule has 3 rings (SSSR count). The zero-order chi connectivity index (χ0) is 12.6. The van der Waals surface area contributed by atoms with Gasteiger partial charge in [-0.2, -0.15) is 0 Å². The van der Waals surface area contributed by atoms with Crippen LogP contribution < -0.4 is 0 Å². The van der Waals surface area contributed by atoms with Crippen molar-refractivity contribution < 1.29 is 5.11 Å². The summed E-state index contributed by atoms with van der Waals surface area (Å²) in [6.07, 6.45) is 6.80. The van der Waals surface area contributed by atoms with E-state index in [1.807, 2.05) is 25.1 Å². The van der Waals surface area contributed by atoms with Gasteiger partial charge in [0.2, 0.25) is 0 Å². The van der Waals surface area contributed by atoms with Crippen molar-refractivity contribution in [2.24, 2.45) is 0 Å². The number of nitrogens with zero attached hydrogens (tertiary/aromatic N) is 2. The number of aryl methyl sites for hydroxylation is 1. The molecular weight excluding hydrogens is 224 g/mol. The second-order valence-corrected chi connectivity index (χ2v) is 5.26. The highest BCUT2D eigenvalue weighted by molar-refractivity contribution is 5.80. The molecule has 2 heterocycles. The smallest absolute Gasteiger partial charge is 0.107 e. The third kappa shape index (κ3) is 1.89. The highest BCUT2D eigenvalue weighted by atomic mass is 16.3. The summed E-state index contributed by atoms with van der Waals surface area (Å²) < 4.78 is 0. The molecule has 18 heavy (non-hydrogen) atoms. The van der Waals surface area contributed by atoms with Crippen LogP contribution in [0.5, 0.6) is 0 Å². The zero-order valence-corrected chi connectivity index (χ0v) is 10.7. The van der Waals surface area contributed by atoms with Gasteiger partial charge in [-0.1, -0.05) is 19.3 Å². The van der Waals surface area contributed by atoms with E-state index in [2.05, 4.69) is 9.97 Å². The summed E-state index contributed by atoms with van der Waals surface area (Å²) in [7, 11) is 0. The summed E-state index contributed by atoms with van der Waals surface area (Å²) in [6.45, 7) is 1.99. The maximum Gasteiger partial charge on any atom is 0.107 e. The van der Waals surface area contributed by atoms with E-state index in [4.69, 9.17) is 0 Å². The van der Waals surface area contributed by atoms with Crippen LogP contribution in [0.25, 0.3) is 10.9 Å². The van der Waals surface area contributed by atoms with E-state index in [9.17, 15) is 5.11 Å². The second kappa shape index (κ2) is 4.32. The minimum atomic E-state index is -0.741. The second-order valence-electron chi connectivity index (χ2n) is 5.26. The van der Waals surface area contributed by atoms with Gasteiger partial charge in [-0.3, -0.25) is 9.97 Å². The predicted octanol–water partition coefficient (Wildman–Crippen LogP) is 3.09. The minimum Gasteiger partial charge on any atom is -0.384 e. The van der Waals surface area contributed by atoms with E-state index in [-0.39, 0.29) is 0 Å². The normalized spacial score (nSPS) is 19.0. The van der Waals surface area contributed by atoms with Gasteiger partial charge in [-0.05, 0) is 38.0 Å². The van der Waals surface area contributed by atoms with Gasteiger partial charge in [0, 0.05) is 17.3 Å². The first-order chi connectivity index (χ1) is 8.69. The Bertz CT molecular complexity index is 574. The molecule has 0 amide bonds. The molecule has 2 aromatic heterocycles. The van der Waals surface area contributed by atoms with Crippen molar-refractivity contribution in [2.75, 3.05) is 0 Å². The lowest BCUT2D eigenvalue weighted by atomic mass is 9.82. The first kappa shape index (κ1) is 11.6. The molecule has 1 fully saturated rings. The molecule has 0 aliphatic heterocycles. The monoisotopic (exact) mass is 242 g/mol. The van der Waals surface area contributed by atoms with Crippen molar-refractivity contribution in [1.82, 2.24) is 9.97 Å². The van der Waals surface area contributed by atoms with Crippen LogP contribution in [0.1, 0.15) is 43.5 Å². The molecule has 94 valence electrons. The fourth-order valence-corrected chi connectivity index (χ4v) is 2.87. The van der Waals surface area contributed by atoms with Gasteiger partial charge in [0.25, 0.3) is 0 Å². The average Bonchev–Trinajstić information content (AvgIpc) is 2.39. The van der Waals surface area contributed by atoms with Crippen molar-refractivity contribution in [1.29, 1.82) is 0 Å². The molecule has 2 aromatic rings. The number of aliphatic hydroxyl groups is 1. The Morgan fingerprint density at radius 3 is 2.78 bits per heavy atom. The van der Waals surface area contributed by atoms with Gasteiger partial charge in [0.05, 0.1) is 11.2 Å². The highest BCUT2D eigenvalue weighted by Crippen LogP contribution is 2.36. The Morgan fingerprint density at radius 2 is 2.00 bits per heavy atom. The lowest BCUT2D eigenvalue weighted by Crippen LogP contribution is -2.29. The Hall–Kier alpha value is -1.48. The van der Waals surface area contributed by atoms with E-state index in [1.54, 1.807) is 6.20 Å². The Morgan fingerprint density at radius 1 is 1.22 bits per heavy atom. The molecule has 3 heteroatoms. The standard InChI is InChI=1S/C15H18N2O/c1-11-12-6-5-9-16-13(12)10-14(17-11)15(18)7-3-2-4-8-15/h5-6,9-10,18H,2-4,7-8H2,1H3. The molecule has 0 bridgehead atoms. The summed E-state index contributed by atoms with van der Waals surface area (Å²) in [5, 5.41) is 11.8. The van der Waals surface area contributed by atoms with Gasteiger partial charge >= 0.3 is 0 Å². The van der Waals surface area contributed by atoms with E-state index in [1.165, 1.54) is 6.42 Å². The molecule has 1 N–H and O–H groups in total. The van der Waals surface area contributed by atoms with Crippen LogP contribution in [0, 0.1) is 6.92 Å². The fraction of sp³-hybridized carbons (Fsp3) is 0.467. The maximum atomic E-state index is 10.7. The Kier molecular flexibility index (Phi) is 2.78. The topological polar surface area (TPSA) is 46.0 Å². The van der Waals surface area contributed by atoms with E-state index in [0.29, 0.717) is 0 Å². The summed E-state index contributed by atoms with van der Waals surface area (Å²) in [5.41, 5.74) is 1.94. The average molecular weight is 242 g/mol. The van der Waals surface area contributed by atoms with Crippen molar-refractivity contribution in [3.8, 4) is 0 Å². The first-order valence-electron chi connectivity index (χ1n) is 6.64. The lowest BCUT2D eigenvalue weighted by Gasteiger charge is -2.31. The molecule has 0 spiro atoms. The lowest BCUT2D eigenvalue weighted by molar-refractivity contribution is -0.00460. The van der Waals surface area contributed by atoms with Crippen LogP contribution in [0.4, 0.5) is 0 Å². The van der Waals surface area contributed by atoms with Gasteiger partial charge in [0.1, 0.15) is 5.60 Å². The number of hydrogen-bond donors (Lipinski definition) is 1. The molecule has 0 saturated heterocycles. The summed E-state index contributed by atoms with van der Waals surface area (Å²) in [6, 6.07) is 5.90. The number of hydrogen-bond acceptors (Lipinski definition) is 3. The van der Waals surface area contributed by atoms with Crippen LogP contribution in [-0.2, 0) is 5.60 Å². The SMILES string of the molecule is Cc1nc(C2(O)CCCCC2)cc2ncccc12. The number of fused-ring (bicyclic) bond motifs is 1. The third-order valence-corrected chi connectivity index (χ3v) is 3.95. The van der Waals surface area contributed by atoms with Gasteiger partial charge < -0.3 is 5.11 Å². The summed E-state index contributed by atoms with van der Waals surface area (Å²) >= 11 is 0. The van der Waals surface area contributed by atoms with Crippen molar-refractivity contribution >= 4 is 10.9 Å². The van der Waals surface area contributed by atoms with Crippen molar-refractivity contribution in [3.05, 3.63) is 35.8 Å². The van der Waals surface area contributed by atoms with E-state index >= 15 is 0 Å². The summed E-state index contributed by atoms with van der Waals surface area (Å²) in [4.78, 5) is 8.98. The third-order valence-electron chi connectivity index (χ3n) is 3.95. The largest absolute Gasteiger partial charge is 0.384 e. The zero-order valence-electron chi connectivity index (χ0n) is 10.7. The molecule has 1 aliphatic rings. The molecule has 1 saturated carbocycles. The molecule has 0 unspecified atom stereocenters.